The van der Waals surface area contributed by atoms with Crippen molar-refractivity contribution in [2.24, 2.45) is 5.73 Å². The molecule has 2 aliphatic heterocycles. The van der Waals surface area contributed by atoms with Crippen LogP contribution < -0.4 is 20.5 Å². The Labute approximate surface area is 259 Å². The molecule has 1 aromatic carbocycles. The van der Waals surface area contributed by atoms with E-state index in [0.29, 0.717) is 77.3 Å². The lowest BCUT2D eigenvalue weighted by molar-refractivity contribution is -0.135. The second-order valence-electron chi connectivity index (χ2n) is 11.4. The third-order valence-corrected chi connectivity index (χ3v) is 7.84. The van der Waals surface area contributed by atoms with Crippen LogP contribution in [0.5, 0.6) is 11.5 Å². The van der Waals surface area contributed by atoms with Gasteiger partial charge in [0.2, 0.25) is 11.8 Å². The van der Waals surface area contributed by atoms with Crippen molar-refractivity contribution in [2.75, 3.05) is 59.1 Å². The number of nitrogens with zero attached hydrogens (tertiary/aromatic N) is 4. The van der Waals surface area contributed by atoms with E-state index in [-0.39, 0.29) is 59.3 Å². The Hall–Kier alpha value is -3.98. The number of piperazine rings is 1. The summed E-state index contributed by atoms with van der Waals surface area (Å²) >= 11 is 0. The van der Waals surface area contributed by atoms with Gasteiger partial charge in [-0.05, 0) is 50.8 Å². The number of nitrogens with one attached hydrogen (secondary N) is 1. The standard InChI is InChI=1S/C30H40F2N6O7/c1-19(33)26-25(28(40)37-9-11-38(12-10-37)30(41)34-21-6-7-21)35-27(45-26)20-5-8-22(44-29(31)32)23(18-20)43-15-3-2-4-24(39)36-13-16-42-17-14-36/h5,8,18-19,21,29H,2-4,6-7,9-17,33H2,1H3,(H,34,41)/t19-/m0/s1. The van der Waals surface area contributed by atoms with Crippen molar-refractivity contribution in [1.82, 2.24) is 25.0 Å². The molecular formula is C30H40F2N6O7. The van der Waals surface area contributed by atoms with Gasteiger partial charge in [-0.15, -0.1) is 0 Å². The van der Waals surface area contributed by atoms with Gasteiger partial charge in [0.05, 0.1) is 25.9 Å². The molecule has 1 aliphatic carbocycles. The van der Waals surface area contributed by atoms with Gasteiger partial charge in [0.25, 0.3) is 5.91 Å². The molecule has 0 bridgehead atoms. The van der Waals surface area contributed by atoms with Gasteiger partial charge in [0.1, 0.15) is 0 Å². The quantitative estimate of drug-likeness (QED) is 0.336. The van der Waals surface area contributed by atoms with E-state index in [2.05, 4.69) is 15.0 Å². The topological polar surface area (TPSA) is 153 Å². The highest BCUT2D eigenvalue weighted by atomic mass is 19.3. The van der Waals surface area contributed by atoms with Crippen LogP contribution in [0.25, 0.3) is 11.5 Å². The third kappa shape index (κ3) is 8.60. The molecule has 13 nitrogen and oxygen atoms in total. The van der Waals surface area contributed by atoms with E-state index in [1.54, 1.807) is 21.6 Å². The first-order valence-electron chi connectivity index (χ1n) is 15.4. The number of unbranched alkanes of at least 4 members (excludes halogenated alkanes) is 1. The van der Waals surface area contributed by atoms with Crippen molar-refractivity contribution in [2.45, 2.75) is 57.7 Å². The monoisotopic (exact) mass is 634 g/mol. The number of amides is 4. The molecule has 0 spiro atoms. The van der Waals surface area contributed by atoms with Crippen LogP contribution in [0, 0.1) is 0 Å². The number of morpholine rings is 1. The number of nitrogens with two attached hydrogens (primary N) is 1. The van der Waals surface area contributed by atoms with Crippen LogP contribution in [-0.4, -0.2) is 109 Å². The maximum atomic E-state index is 13.5. The lowest BCUT2D eigenvalue weighted by Gasteiger charge is -2.34. The molecular weight excluding hydrogens is 594 g/mol. The van der Waals surface area contributed by atoms with Crippen LogP contribution in [0.4, 0.5) is 13.6 Å². The molecule has 15 heteroatoms. The molecule has 45 heavy (non-hydrogen) atoms. The Morgan fingerprint density at radius 1 is 1.02 bits per heavy atom. The number of halogens is 2. The average molecular weight is 635 g/mol. The molecule has 1 aromatic heterocycles. The maximum Gasteiger partial charge on any atom is 0.387 e. The minimum absolute atomic E-state index is 0.0429. The van der Waals surface area contributed by atoms with Gasteiger partial charge in [0.15, 0.2) is 23.0 Å². The highest BCUT2D eigenvalue weighted by Crippen LogP contribution is 2.35. The fourth-order valence-electron chi connectivity index (χ4n) is 5.15. The number of carbonyl (C=O) groups excluding carboxylic acids is 3. The summed E-state index contributed by atoms with van der Waals surface area (Å²) in [5.74, 6) is -0.206. The molecule has 2 saturated heterocycles. The smallest absolute Gasteiger partial charge is 0.387 e. The number of aromatic nitrogens is 1. The summed E-state index contributed by atoms with van der Waals surface area (Å²) in [4.78, 5) is 47.8. The summed E-state index contributed by atoms with van der Waals surface area (Å²) in [6.45, 7) is 2.38. The second kappa shape index (κ2) is 14.9. The predicted molar refractivity (Wildman–Crippen MR) is 157 cm³/mol. The van der Waals surface area contributed by atoms with E-state index in [1.807, 2.05) is 0 Å². The van der Waals surface area contributed by atoms with Crippen molar-refractivity contribution < 1.29 is 41.8 Å². The Balaban J connectivity index is 1.23. The molecule has 246 valence electrons. The first kappa shape index (κ1) is 32.4. The highest BCUT2D eigenvalue weighted by molar-refractivity contribution is 5.94. The minimum atomic E-state index is -3.07. The first-order chi connectivity index (χ1) is 21.7. The Morgan fingerprint density at radius 2 is 1.73 bits per heavy atom. The van der Waals surface area contributed by atoms with Crippen molar-refractivity contribution in [3.63, 3.8) is 0 Å². The number of carbonyl (C=O) groups is 3. The first-order valence-corrected chi connectivity index (χ1v) is 15.4. The number of ether oxygens (including phenoxy) is 3. The van der Waals surface area contributed by atoms with E-state index < -0.39 is 12.7 Å². The fourth-order valence-corrected chi connectivity index (χ4v) is 5.15. The van der Waals surface area contributed by atoms with E-state index >= 15 is 0 Å². The molecule has 2 aromatic rings. The summed E-state index contributed by atoms with van der Waals surface area (Å²) in [5.41, 5.74) is 6.56. The van der Waals surface area contributed by atoms with Crippen LogP contribution in [-0.2, 0) is 9.53 Å². The Kier molecular flexibility index (Phi) is 10.7. The van der Waals surface area contributed by atoms with Crippen LogP contribution >= 0.6 is 0 Å². The normalized spacial score (nSPS) is 17.8. The summed E-state index contributed by atoms with van der Waals surface area (Å²) in [5, 5.41) is 2.96. The zero-order chi connectivity index (χ0) is 31.9. The number of hydrogen-bond acceptors (Lipinski definition) is 9. The van der Waals surface area contributed by atoms with Gasteiger partial charge < -0.3 is 44.4 Å². The molecule has 3 fully saturated rings. The molecule has 1 atom stereocenters. The predicted octanol–water partition coefficient (Wildman–Crippen LogP) is 3.00. The zero-order valence-electron chi connectivity index (χ0n) is 25.3. The lowest BCUT2D eigenvalue weighted by Crippen LogP contribution is -2.53. The van der Waals surface area contributed by atoms with Crippen molar-refractivity contribution in [1.29, 1.82) is 0 Å². The number of oxazole rings is 1. The van der Waals surface area contributed by atoms with Crippen molar-refractivity contribution >= 4 is 17.8 Å². The molecule has 3 N–H and O–H groups in total. The lowest BCUT2D eigenvalue weighted by atomic mass is 10.2. The van der Waals surface area contributed by atoms with Gasteiger partial charge >= 0.3 is 12.6 Å². The van der Waals surface area contributed by atoms with E-state index in [1.165, 1.54) is 18.2 Å². The fraction of sp³-hybridized carbons (Fsp3) is 0.600. The average Bonchev–Trinajstić information content (AvgIpc) is 3.74. The van der Waals surface area contributed by atoms with E-state index in [4.69, 9.17) is 19.6 Å². The van der Waals surface area contributed by atoms with Crippen molar-refractivity contribution in [3.05, 3.63) is 29.7 Å². The summed E-state index contributed by atoms with van der Waals surface area (Å²) in [6, 6.07) is 3.73. The van der Waals surface area contributed by atoms with E-state index in [9.17, 15) is 23.2 Å². The third-order valence-electron chi connectivity index (χ3n) is 7.84. The second-order valence-corrected chi connectivity index (χ2v) is 11.4. The van der Waals surface area contributed by atoms with Gasteiger partial charge in [-0.2, -0.15) is 8.78 Å². The zero-order valence-corrected chi connectivity index (χ0v) is 25.3. The van der Waals surface area contributed by atoms with Gasteiger partial charge in [-0.3, -0.25) is 9.59 Å². The van der Waals surface area contributed by atoms with Crippen LogP contribution in [0.15, 0.2) is 22.6 Å². The number of hydrogen-bond donors (Lipinski definition) is 2. The van der Waals surface area contributed by atoms with Crippen LogP contribution in [0.2, 0.25) is 0 Å². The van der Waals surface area contributed by atoms with Gasteiger partial charge in [-0.25, -0.2) is 9.78 Å². The Bertz CT molecular complexity index is 1340. The van der Waals surface area contributed by atoms with Crippen LogP contribution in [0.1, 0.15) is 61.3 Å². The molecule has 1 saturated carbocycles. The summed E-state index contributed by atoms with van der Waals surface area (Å²) in [7, 11) is 0. The Morgan fingerprint density at radius 3 is 2.40 bits per heavy atom. The van der Waals surface area contributed by atoms with Gasteiger partial charge in [-0.1, -0.05) is 0 Å². The molecule has 3 aliphatic rings. The van der Waals surface area contributed by atoms with Crippen LogP contribution in [0.3, 0.4) is 0 Å². The molecule has 5 rings (SSSR count). The van der Waals surface area contributed by atoms with Gasteiger partial charge in [0, 0.05) is 57.3 Å². The number of alkyl halides is 2. The highest BCUT2D eigenvalue weighted by Gasteiger charge is 2.32. The molecule has 0 unspecified atom stereocenters. The number of benzene rings is 1. The molecule has 3 heterocycles. The van der Waals surface area contributed by atoms with E-state index in [0.717, 1.165) is 12.8 Å². The maximum absolute atomic E-state index is 13.5. The minimum Gasteiger partial charge on any atom is -0.490 e. The number of urea groups is 1. The summed E-state index contributed by atoms with van der Waals surface area (Å²) < 4.78 is 47.9. The largest absolute Gasteiger partial charge is 0.490 e. The summed E-state index contributed by atoms with van der Waals surface area (Å²) in [6.07, 6.45) is 3.40. The SMILES string of the molecule is C[C@H](N)c1oc(-c2ccc(OC(F)F)c(OCCCCC(=O)N3CCOCC3)c2)nc1C(=O)N1CCN(C(=O)NC2CC2)CC1. The van der Waals surface area contributed by atoms with Crippen molar-refractivity contribution in [3.8, 4) is 23.0 Å². The molecule has 0 radical (unpaired) electrons. The molecule has 4 amide bonds. The number of rotatable bonds is 12.